The number of aryl methyl sites for hydroxylation is 2. The first kappa shape index (κ1) is 25.5. The van der Waals surface area contributed by atoms with Crippen LogP contribution in [0.3, 0.4) is 0 Å². The van der Waals surface area contributed by atoms with Gasteiger partial charge in [0, 0.05) is 63.0 Å². The van der Waals surface area contributed by atoms with Gasteiger partial charge in [0.1, 0.15) is 5.69 Å². The van der Waals surface area contributed by atoms with Crippen molar-refractivity contribution in [2.24, 2.45) is 7.05 Å². The number of anilines is 2. The maximum Gasteiger partial charge on any atom is 0.329 e. The first-order chi connectivity index (χ1) is 18.2. The first-order valence-corrected chi connectivity index (χ1v) is 12.1. The third-order valence-electron chi connectivity index (χ3n) is 6.74. The topological polar surface area (TPSA) is 88.0 Å². The molecule has 4 heterocycles. The highest BCUT2D eigenvalue weighted by atomic mass is 19.1. The van der Waals surface area contributed by atoms with Gasteiger partial charge in [-0.3, -0.25) is 19.5 Å². The average molecular weight is 526 g/mol. The van der Waals surface area contributed by atoms with Crippen molar-refractivity contribution in [3.05, 3.63) is 59.2 Å². The van der Waals surface area contributed by atoms with Crippen LogP contribution >= 0.6 is 0 Å². The molecule has 2 aliphatic rings. The highest BCUT2D eigenvalue weighted by Crippen LogP contribution is 2.41. The molecule has 2 aliphatic heterocycles. The number of nitrogens with one attached hydrogen (secondary N) is 1. The van der Waals surface area contributed by atoms with Crippen LogP contribution in [0.2, 0.25) is 0 Å². The smallest absolute Gasteiger partial charge is 0.329 e. The number of pyridine rings is 1. The van der Waals surface area contributed by atoms with Crippen LogP contribution < -0.4 is 24.7 Å². The summed E-state index contributed by atoms with van der Waals surface area (Å²) < 4.78 is 42.8. The summed E-state index contributed by atoms with van der Waals surface area (Å²) in [5, 5.41) is 6.25. The van der Waals surface area contributed by atoms with Crippen molar-refractivity contribution in [1.29, 1.82) is 0 Å². The number of hydrogen-bond acceptors (Lipinski definition) is 7. The third-order valence-corrected chi connectivity index (χ3v) is 6.74. The number of hydrazine groups is 1. The van der Waals surface area contributed by atoms with E-state index in [-0.39, 0.29) is 18.0 Å². The number of amides is 2. The van der Waals surface area contributed by atoms with Gasteiger partial charge in [0.2, 0.25) is 0 Å². The van der Waals surface area contributed by atoms with Crippen LogP contribution in [0.1, 0.15) is 17.7 Å². The number of fused-ring (bicyclic) bond motifs is 1. The summed E-state index contributed by atoms with van der Waals surface area (Å²) in [5.41, 5.74) is 7.31. The second-order valence-electron chi connectivity index (χ2n) is 9.26. The van der Waals surface area contributed by atoms with Crippen molar-refractivity contribution in [2.45, 2.75) is 19.9 Å². The molecule has 10 nitrogen and oxygen atoms in total. The molecule has 0 bridgehead atoms. The van der Waals surface area contributed by atoms with Crippen LogP contribution in [0.4, 0.5) is 25.0 Å². The Labute approximate surface area is 219 Å². The van der Waals surface area contributed by atoms with Crippen molar-refractivity contribution < 1.29 is 23.0 Å². The molecule has 0 atom stereocenters. The van der Waals surface area contributed by atoms with Crippen LogP contribution in [0.25, 0.3) is 11.3 Å². The van der Waals surface area contributed by atoms with Crippen LogP contribution in [0.15, 0.2) is 36.3 Å². The highest BCUT2D eigenvalue weighted by Gasteiger charge is 2.37. The lowest BCUT2D eigenvalue weighted by Gasteiger charge is -2.37. The van der Waals surface area contributed by atoms with Gasteiger partial charge in [-0.2, -0.15) is 5.10 Å². The fourth-order valence-electron chi connectivity index (χ4n) is 4.83. The van der Waals surface area contributed by atoms with Gasteiger partial charge in [-0.15, -0.1) is 0 Å². The number of methoxy groups -OCH3 is 2. The fourth-order valence-corrected chi connectivity index (χ4v) is 4.83. The van der Waals surface area contributed by atoms with E-state index >= 15 is 8.78 Å². The Morgan fingerprint density at radius 3 is 2.39 bits per heavy atom. The lowest BCUT2D eigenvalue weighted by Crippen LogP contribution is -2.48. The number of hydrogen-bond donors (Lipinski definition) is 1. The van der Waals surface area contributed by atoms with E-state index in [1.807, 2.05) is 44.5 Å². The SMILES string of the molecule is COc1cc(OC)c(F)c(N2Cc3cnc(-c4cn(C)nc4C)cc3N(CCC3=CN(C)NC3)C2=O)c1F. The molecular weight excluding hydrogens is 496 g/mol. The van der Waals surface area contributed by atoms with Gasteiger partial charge < -0.3 is 14.5 Å². The van der Waals surface area contributed by atoms with Gasteiger partial charge >= 0.3 is 6.03 Å². The number of urea groups is 1. The number of aromatic nitrogens is 3. The quantitative estimate of drug-likeness (QED) is 0.503. The second-order valence-corrected chi connectivity index (χ2v) is 9.26. The lowest BCUT2D eigenvalue weighted by molar-refractivity contribution is 0.249. The van der Waals surface area contributed by atoms with Crippen molar-refractivity contribution in [2.75, 3.05) is 44.2 Å². The van der Waals surface area contributed by atoms with E-state index in [2.05, 4.69) is 15.5 Å². The molecule has 38 heavy (non-hydrogen) atoms. The Hall–Kier alpha value is -4.19. The van der Waals surface area contributed by atoms with Crippen molar-refractivity contribution in [1.82, 2.24) is 25.2 Å². The van der Waals surface area contributed by atoms with Crippen LogP contribution in [0.5, 0.6) is 11.5 Å². The van der Waals surface area contributed by atoms with Gasteiger partial charge in [-0.1, -0.05) is 0 Å². The molecule has 2 amide bonds. The van der Waals surface area contributed by atoms with E-state index in [9.17, 15) is 4.79 Å². The van der Waals surface area contributed by atoms with Crippen molar-refractivity contribution in [3.8, 4) is 22.8 Å². The predicted molar refractivity (Wildman–Crippen MR) is 138 cm³/mol. The standard InChI is InChI=1S/C26H29F2N7O3/c1-15-18(14-33(3)31-15)19-8-20-17(11-29-19)13-35(25-23(27)21(37-4)9-22(38-5)24(25)28)26(36)34(20)7-6-16-10-30-32(2)12-16/h8-9,11-12,14,30H,6-7,10,13H2,1-5H3. The number of nitrogens with zero attached hydrogens (tertiary/aromatic N) is 6. The zero-order valence-electron chi connectivity index (χ0n) is 21.9. The summed E-state index contributed by atoms with van der Waals surface area (Å²) >= 11 is 0. The van der Waals surface area contributed by atoms with E-state index < -0.39 is 23.4 Å². The molecule has 1 N–H and O–H groups in total. The Morgan fingerprint density at radius 2 is 1.82 bits per heavy atom. The summed E-state index contributed by atoms with van der Waals surface area (Å²) in [4.78, 5) is 21.1. The summed E-state index contributed by atoms with van der Waals surface area (Å²) in [6, 6.07) is 2.39. The molecule has 0 saturated heterocycles. The zero-order valence-corrected chi connectivity index (χ0v) is 21.9. The highest BCUT2D eigenvalue weighted by molar-refractivity contribution is 6.06. The molecule has 0 saturated carbocycles. The maximum absolute atomic E-state index is 15.4. The molecule has 0 unspecified atom stereocenters. The molecule has 2 aromatic heterocycles. The Kier molecular flexibility index (Phi) is 6.66. The monoisotopic (exact) mass is 525 g/mol. The van der Waals surface area contributed by atoms with Crippen molar-refractivity contribution >= 4 is 17.4 Å². The Morgan fingerprint density at radius 1 is 1.11 bits per heavy atom. The predicted octanol–water partition coefficient (Wildman–Crippen LogP) is 3.76. The molecule has 1 aromatic carbocycles. The number of rotatable bonds is 7. The molecule has 0 spiro atoms. The minimum absolute atomic E-state index is 0.0822. The minimum Gasteiger partial charge on any atom is -0.493 e. The van der Waals surface area contributed by atoms with E-state index in [4.69, 9.17) is 9.47 Å². The fraction of sp³-hybridized carbons (Fsp3) is 0.346. The van der Waals surface area contributed by atoms with Gasteiger partial charge in [0.25, 0.3) is 0 Å². The number of ether oxygens (including phenoxy) is 2. The second kappa shape index (κ2) is 9.93. The van der Waals surface area contributed by atoms with Crippen LogP contribution in [0, 0.1) is 18.6 Å². The molecule has 0 fully saturated rings. The number of halogens is 2. The van der Waals surface area contributed by atoms with E-state index in [0.29, 0.717) is 36.5 Å². The first-order valence-electron chi connectivity index (χ1n) is 12.1. The summed E-state index contributed by atoms with van der Waals surface area (Å²) in [5.74, 6) is -2.42. The zero-order chi connectivity index (χ0) is 27.1. The van der Waals surface area contributed by atoms with E-state index in [1.165, 1.54) is 14.2 Å². The lowest BCUT2D eigenvalue weighted by atomic mass is 10.1. The van der Waals surface area contributed by atoms with Gasteiger partial charge in [0.15, 0.2) is 23.1 Å². The largest absolute Gasteiger partial charge is 0.493 e. The van der Waals surface area contributed by atoms with Crippen molar-refractivity contribution in [3.63, 3.8) is 0 Å². The molecule has 5 rings (SSSR count). The minimum atomic E-state index is -0.984. The third kappa shape index (κ3) is 4.40. The van der Waals surface area contributed by atoms with E-state index in [0.717, 1.165) is 27.8 Å². The molecule has 0 aliphatic carbocycles. The number of benzene rings is 1. The maximum atomic E-state index is 15.4. The van der Waals surface area contributed by atoms with Gasteiger partial charge in [0.05, 0.1) is 37.8 Å². The van der Waals surface area contributed by atoms with E-state index in [1.54, 1.807) is 15.8 Å². The van der Waals surface area contributed by atoms with Gasteiger partial charge in [-0.05, 0) is 25.0 Å². The molecule has 200 valence electrons. The number of carbonyl (C=O) groups excluding carboxylic acids is 1. The summed E-state index contributed by atoms with van der Waals surface area (Å²) in [6.45, 7) is 2.76. The molecule has 3 aromatic rings. The van der Waals surface area contributed by atoms with Gasteiger partial charge in [-0.25, -0.2) is 19.0 Å². The molecule has 12 heteroatoms. The summed E-state index contributed by atoms with van der Waals surface area (Å²) in [7, 11) is 6.26. The normalized spacial score (nSPS) is 15.2. The molecular formula is C26H29F2N7O3. The Bertz CT molecular complexity index is 1410. The number of carbonyl (C=O) groups is 1. The molecule has 0 radical (unpaired) electrons. The summed E-state index contributed by atoms with van der Waals surface area (Å²) in [6.07, 6.45) is 6.03. The van der Waals surface area contributed by atoms with Crippen LogP contribution in [-0.4, -0.2) is 60.2 Å². The van der Waals surface area contributed by atoms with Crippen LogP contribution in [-0.2, 0) is 13.6 Å². The average Bonchev–Trinajstić information content (AvgIpc) is 3.47. The Balaban J connectivity index is 1.60.